The molecule has 1 aliphatic rings. The van der Waals surface area contributed by atoms with E-state index in [1.807, 2.05) is 6.07 Å². The van der Waals surface area contributed by atoms with Crippen LogP contribution in [0.3, 0.4) is 0 Å². The van der Waals surface area contributed by atoms with E-state index >= 15 is 0 Å². The summed E-state index contributed by atoms with van der Waals surface area (Å²) in [5, 5.41) is 10.9. The number of hydrogen-bond donors (Lipinski definition) is 0. The second kappa shape index (κ2) is 6.56. The van der Waals surface area contributed by atoms with E-state index in [1.54, 1.807) is 6.07 Å². The maximum absolute atomic E-state index is 10.9. The number of likely N-dealkylation sites (N-methyl/N-ethyl adjacent to an activating group) is 1. The van der Waals surface area contributed by atoms with Crippen molar-refractivity contribution in [3.63, 3.8) is 0 Å². The van der Waals surface area contributed by atoms with Crippen LogP contribution in [0.25, 0.3) is 0 Å². The van der Waals surface area contributed by atoms with E-state index in [0.717, 1.165) is 44.8 Å². The Labute approximate surface area is 119 Å². The van der Waals surface area contributed by atoms with Crippen LogP contribution in [-0.2, 0) is 0 Å². The molecule has 0 aromatic heterocycles. The topological polar surface area (TPSA) is 58.9 Å². The molecule has 1 aromatic rings. The van der Waals surface area contributed by atoms with E-state index in [9.17, 15) is 10.1 Å². The zero-order valence-electron chi connectivity index (χ0n) is 12.0. The third-order valence-electron chi connectivity index (χ3n) is 3.76. The van der Waals surface area contributed by atoms with Gasteiger partial charge < -0.3 is 14.5 Å². The number of benzene rings is 1. The van der Waals surface area contributed by atoms with Gasteiger partial charge in [0, 0.05) is 37.5 Å². The molecule has 1 aromatic carbocycles. The average molecular weight is 279 g/mol. The highest BCUT2D eigenvalue weighted by Gasteiger charge is 2.19. The molecule has 1 fully saturated rings. The molecule has 0 aliphatic carbocycles. The van der Waals surface area contributed by atoms with Crippen molar-refractivity contribution in [3.05, 3.63) is 28.3 Å². The van der Waals surface area contributed by atoms with Crippen molar-refractivity contribution >= 4 is 11.4 Å². The summed E-state index contributed by atoms with van der Waals surface area (Å²) < 4.78 is 5.13. The number of nitro benzene ring substituents is 1. The SMILES string of the molecule is CCN1CCCN(c2ccc([N+](=O)[O-])c(OC)c2)CC1. The summed E-state index contributed by atoms with van der Waals surface area (Å²) in [6.07, 6.45) is 1.10. The van der Waals surface area contributed by atoms with E-state index in [4.69, 9.17) is 4.74 Å². The highest BCUT2D eigenvalue weighted by Crippen LogP contribution is 2.31. The average Bonchev–Trinajstić information content (AvgIpc) is 2.71. The second-order valence-corrected chi connectivity index (χ2v) is 4.89. The Morgan fingerprint density at radius 3 is 2.75 bits per heavy atom. The zero-order valence-corrected chi connectivity index (χ0v) is 12.0. The number of rotatable bonds is 4. The van der Waals surface area contributed by atoms with Gasteiger partial charge in [-0.25, -0.2) is 0 Å². The van der Waals surface area contributed by atoms with Gasteiger partial charge in [-0.1, -0.05) is 6.92 Å². The first kappa shape index (κ1) is 14.6. The minimum absolute atomic E-state index is 0.0151. The summed E-state index contributed by atoms with van der Waals surface area (Å²) in [5.41, 5.74) is 1.01. The molecule has 1 heterocycles. The Kier molecular flexibility index (Phi) is 4.79. The monoisotopic (exact) mass is 279 g/mol. The van der Waals surface area contributed by atoms with E-state index < -0.39 is 4.92 Å². The smallest absolute Gasteiger partial charge is 0.311 e. The molecule has 0 radical (unpaired) electrons. The van der Waals surface area contributed by atoms with Crippen molar-refractivity contribution in [2.45, 2.75) is 13.3 Å². The molecule has 110 valence electrons. The van der Waals surface area contributed by atoms with Gasteiger partial charge in [-0.2, -0.15) is 0 Å². The van der Waals surface area contributed by atoms with E-state index in [0.29, 0.717) is 5.75 Å². The third kappa shape index (κ3) is 3.19. The predicted octanol–water partition coefficient (Wildman–Crippen LogP) is 2.14. The molecule has 0 unspecified atom stereocenters. The fraction of sp³-hybridized carbons (Fsp3) is 0.571. The van der Waals surface area contributed by atoms with Crippen molar-refractivity contribution in [2.24, 2.45) is 0 Å². The van der Waals surface area contributed by atoms with Crippen molar-refractivity contribution in [2.75, 3.05) is 44.7 Å². The van der Waals surface area contributed by atoms with Crippen LogP contribution in [0.5, 0.6) is 5.75 Å². The normalized spacial score (nSPS) is 16.8. The lowest BCUT2D eigenvalue weighted by atomic mass is 10.2. The molecule has 20 heavy (non-hydrogen) atoms. The molecule has 0 atom stereocenters. The van der Waals surface area contributed by atoms with Gasteiger partial charge >= 0.3 is 5.69 Å². The third-order valence-corrected chi connectivity index (χ3v) is 3.76. The number of methoxy groups -OCH3 is 1. The van der Waals surface area contributed by atoms with Crippen molar-refractivity contribution < 1.29 is 9.66 Å². The number of nitrogens with zero attached hydrogens (tertiary/aromatic N) is 3. The summed E-state index contributed by atoms with van der Waals surface area (Å²) in [6, 6.07) is 5.10. The fourth-order valence-electron chi connectivity index (χ4n) is 2.56. The molecule has 1 saturated heterocycles. The van der Waals surface area contributed by atoms with E-state index in [2.05, 4.69) is 16.7 Å². The van der Waals surface area contributed by atoms with E-state index in [-0.39, 0.29) is 5.69 Å². The summed E-state index contributed by atoms with van der Waals surface area (Å²) in [6.45, 7) is 7.28. The number of nitro groups is 1. The number of anilines is 1. The van der Waals surface area contributed by atoms with Crippen molar-refractivity contribution in [3.8, 4) is 5.75 Å². The minimum Gasteiger partial charge on any atom is -0.490 e. The molecular weight excluding hydrogens is 258 g/mol. The fourth-order valence-corrected chi connectivity index (χ4v) is 2.56. The van der Waals surface area contributed by atoms with Gasteiger partial charge in [0.2, 0.25) is 0 Å². The van der Waals surface area contributed by atoms with E-state index in [1.165, 1.54) is 13.2 Å². The lowest BCUT2D eigenvalue weighted by Gasteiger charge is -2.23. The Morgan fingerprint density at radius 1 is 1.30 bits per heavy atom. The van der Waals surface area contributed by atoms with Gasteiger partial charge in [-0.05, 0) is 25.6 Å². The Morgan fingerprint density at radius 2 is 2.10 bits per heavy atom. The first-order valence-corrected chi connectivity index (χ1v) is 6.95. The molecule has 0 N–H and O–H groups in total. The molecule has 6 heteroatoms. The number of hydrogen-bond acceptors (Lipinski definition) is 5. The van der Waals surface area contributed by atoms with Crippen LogP contribution in [0.2, 0.25) is 0 Å². The molecule has 1 aliphatic heterocycles. The Balaban J connectivity index is 2.18. The lowest BCUT2D eigenvalue weighted by Crippen LogP contribution is -2.30. The van der Waals surface area contributed by atoms with Gasteiger partial charge in [0.15, 0.2) is 5.75 Å². The van der Waals surface area contributed by atoms with Crippen LogP contribution < -0.4 is 9.64 Å². The van der Waals surface area contributed by atoms with Gasteiger partial charge in [0.25, 0.3) is 0 Å². The van der Waals surface area contributed by atoms with Gasteiger partial charge in [-0.15, -0.1) is 0 Å². The minimum atomic E-state index is -0.413. The van der Waals surface area contributed by atoms with Crippen LogP contribution in [0.1, 0.15) is 13.3 Å². The molecule has 0 amide bonds. The molecule has 0 bridgehead atoms. The standard InChI is InChI=1S/C14H21N3O3/c1-3-15-7-4-8-16(10-9-15)12-5-6-13(17(18)19)14(11-12)20-2/h5-6,11H,3-4,7-10H2,1-2H3. The van der Waals surface area contributed by atoms with Gasteiger partial charge in [-0.3, -0.25) is 10.1 Å². The molecule has 6 nitrogen and oxygen atoms in total. The molecule has 0 saturated carbocycles. The Hall–Kier alpha value is -1.82. The van der Waals surface area contributed by atoms with Crippen LogP contribution >= 0.6 is 0 Å². The highest BCUT2D eigenvalue weighted by atomic mass is 16.6. The highest BCUT2D eigenvalue weighted by molar-refractivity contribution is 5.59. The lowest BCUT2D eigenvalue weighted by molar-refractivity contribution is -0.385. The van der Waals surface area contributed by atoms with Crippen LogP contribution in [-0.4, -0.2) is 49.7 Å². The van der Waals surface area contributed by atoms with Crippen molar-refractivity contribution in [1.82, 2.24) is 4.90 Å². The van der Waals surface area contributed by atoms with Crippen LogP contribution in [0.4, 0.5) is 11.4 Å². The first-order valence-electron chi connectivity index (χ1n) is 6.95. The van der Waals surface area contributed by atoms with Gasteiger partial charge in [0.05, 0.1) is 12.0 Å². The molecule has 2 rings (SSSR count). The van der Waals surface area contributed by atoms with Gasteiger partial charge in [0.1, 0.15) is 0 Å². The quantitative estimate of drug-likeness (QED) is 0.624. The van der Waals surface area contributed by atoms with Crippen LogP contribution in [0, 0.1) is 10.1 Å². The molecule has 0 spiro atoms. The summed E-state index contributed by atoms with van der Waals surface area (Å²) >= 11 is 0. The maximum Gasteiger partial charge on any atom is 0.311 e. The summed E-state index contributed by atoms with van der Waals surface area (Å²) in [4.78, 5) is 15.2. The van der Waals surface area contributed by atoms with Crippen LogP contribution in [0.15, 0.2) is 18.2 Å². The summed E-state index contributed by atoms with van der Waals surface area (Å²) in [7, 11) is 1.47. The maximum atomic E-state index is 10.9. The number of ether oxygens (including phenoxy) is 1. The second-order valence-electron chi connectivity index (χ2n) is 4.89. The first-order chi connectivity index (χ1) is 9.65. The Bertz CT molecular complexity index is 479. The molecular formula is C14H21N3O3. The summed E-state index contributed by atoms with van der Waals surface area (Å²) in [5.74, 6) is 0.323. The predicted molar refractivity (Wildman–Crippen MR) is 78.6 cm³/mol. The zero-order chi connectivity index (χ0) is 14.5. The largest absolute Gasteiger partial charge is 0.490 e. The van der Waals surface area contributed by atoms with Crippen molar-refractivity contribution in [1.29, 1.82) is 0 Å².